The summed E-state index contributed by atoms with van der Waals surface area (Å²) in [7, 11) is 0. The standard InChI is InChI=1S/C15H10BrClF2O/c16-13-8-11(18)5-4-9(13)6-12(20)7-10-2-1-3-14(17)15(10)19/h1-5,8H,6-7H2. The van der Waals surface area contributed by atoms with Crippen LogP contribution in [0.2, 0.25) is 5.02 Å². The van der Waals surface area contributed by atoms with E-state index in [1.165, 1.54) is 30.3 Å². The monoisotopic (exact) mass is 358 g/mol. The molecule has 0 amide bonds. The van der Waals surface area contributed by atoms with Crippen molar-refractivity contribution in [3.8, 4) is 0 Å². The number of hydrogen-bond acceptors (Lipinski definition) is 1. The van der Waals surface area contributed by atoms with Crippen molar-refractivity contribution in [3.05, 3.63) is 68.7 Å². The maximum atomic E-state index is 13.7. The lowest BCUT2D eigenvalue weighted by Gasteiger charge is -2.06. The molecule has 0 fully saturated rings. The summed E-state index contributed by atoms with van der Waals surface area (Å²) in [5, 5.41) is -0.00161. The van der Waals surface area contributed by atoms with E-state index in [1.54, 1.807) is 6.07 Å². The minimum Gasteiger partial charge on any atom is -0.299 e. The number of rotatable bonds is 4. The Morgan fingerprint density at radius 3 is 2.50 bits per heavy atom. The Labute approximate surface area is 128 Å². The molecule has 0 radical (unpaired) electrons. The summed E-state index contributed by atoms with van der Waals surface area (Å²) in [6, 6.07) is 8.67. The van der Waals surface area contributed by atoms with Gasteiger partial charge in [-0.05, 0) is 29.3 Å². The second-order valence-electron chi connectivity index (χ2n) is 4.34. The minimum absolute atomic E-state index is 0.00161. The van der Waals surface area contributed by atoms with Crippen LogP contribution < -0.4 is 0 Å². The Morgan fingerprint density at radius 2 is 1.80 bits per heavy atom. The zero-order chi connectivity index (χ0) is 14.7. The van der Waals surface area contributed by atoms with Gasteiger partial charge in [0.25, 0.3) is 0 Å². The minimum atomic E-state index is -0.569. The molecule has 0 atom stereocenters. The van der Waals surface area contributed by atoms with E-state index in [2.05, 4.69) is 15.9 Å². The van der Waals surface area contributed by atoms with Crippen LogP contribution in [-0.2, 0) is 17.6 Å². The van der Waals surface area contributed by atoms with E-state index in [0.717, 1.165) is 0 Å². The second-order valence-corrected chi connectivity index (χ2v) is 5.60. The Kier molecular flexibility index (Phi) is 4.89. The molecule has 0 unspecified atom stereocenters. The van der Waals surface area contributed by atoms with Crippen molar-refractivity contribution in [2.75, 3.05) is 0 Å². The van der Waals surface area contributed by atoms with Crippen LogP contribution in [0.3, 0.4) is 0 Å². The number of halogens is 4. The van der Waals surface area contributed by atoms with Crippen LogP contribution in [0.5, 0.6) is 0 Å². The third-order valence-corrected chi connectivity index (χ3v) is 3.85. The van der Waals surface area contributed by atoms with Gasteiger partial charge in [0, 0.05) is 17.3 Å². The zero-order valence-corrected chi connectivity index (χ0v) is 12.6. The first-order chi connectivity index (χ1) is 9.47. The molecule has 0 saturated carbocycles. The fourth-order valence-electron chi connectivity index (χ4n) is 1.84. The van der Waals surface area contributed by atoms with Gasteiger partial charge in [0.15, 0.2) is 0 Å². The fourth-order valence-corrected chi connectivity index (χ4v) is 2.52. The Hall–Kier alpha value is -1.26. The van der Waals surface area contributed by atoms with Gasteiger partial charge in [-0.15, -0.1) is 0 Å². The number of carbonyl (C=O) groups excluding carboxylic acids is 1. The van der Waals surface area contributed by atoms with Crippen molar-refractivity contribution >= 4 is 33.3 Å². The van der Waals surface area contributed by atoms with Crippen LogP contribution in [0.15, 0.2) is 40.9 Å². The van der Waals surface area contributed by atoms with Crippen molar-refractivity contribution < 1.29 is 13.6 Å². The summed E-state index contributed by atoms with van der Waals surface area (Å²) in [4.78, 5) is 12.0. The second kappa shape index (κ2) is 6.46. The van der Waals surface area contributed by atoms with Crippen molar-refractivity contribution in [2.24, 2.45) is 0 Å². The van der Waals surface area contributed by atoms with Crippen molar-refractivity contribution in [1.82, 2.24) is 0 Å². The largest absolute Gasteiger partial charge is 0.299 e. The molecule has 0 aliphatic carbocycles. The van der Waals surface area contributed by atoms with E-state index in [0.29, 0.717) is 10.0 Å². The van der Waals surface area contributed by atoms with Gasteiger partial charge in [-0.25, -0.2) is 8.78 Å². The Bertz CT molecular complexity index is 658. The van der Waals surface area contributed by atoms with Crippen LogP contribution in [0, 0.1) is 11.6 Å². The summed E-state index contributed by atoms with van der Waals surface area (Å²) >= 11 is 8.86. The van der Waals surface area contributed by atoms with E-state index >= 15 is 0 Å². The van der Waals surface area contributed by atoms with E-state index in [1.807, 2.05) is 0 Å². The van der Waals surface area contributed by atoms with E-state index in [4.69, 9.17) is 11.6 Å². The average molecular weight is 360 g/mol. The molecule has 0 aliphatic rings. The summed E-state index contributed by atoms with van der Waals surface area (Å²) in [6.07, 6.45) is 0.0586. The molecule has 20 heavy (non-hydrogen) atoms. The smallest absolute Gasteiger partial charge is 0.145 e. The molecule has 0 spiro atoms. The quantitative estimate of drug-likeness (QED) is 0.771. The highest BCUT2D eigenvalue weighted by molar-refractivity contribution is 9.10. The molecule has 0 N–H and O–H groups in total. The van der Waals surface area contributed by atoms with Crippen LogP contribution >= 0.6 is 27.5 Å². The molecule has 5 heteroatoms. The number of ketones is 1. The van der Waals surface area contributed by atoms with E-state index in [-0.39, 0.29) is 35.0 Å². The Balaban J connectivity index is 2.11. The molecule has 0 aromatic heterocycles. The van der Waals surface area contributed by atoms with Gasteiger partial charge in [0.1, 0.15) is 17.4 Å². The number of carbonyl (C=O) groups is 1. The predicted molar refractivity (Wildman–Crippen MR) is 77.9 cm³/mol. The maximum absolute atomic E-state index is 13.7. The highest BCUT2D eigenvalue weighted by atomic mass is 79.9. The number of hydrogen-bond donors (Lipinski definition) is 0. The molecule has 2 rings (SSSR count). The molecule has 104 valence electrons. The molecule has 0 saturated heterocycles. The van der Waals surface area contributed by atoms with Crippen molar-refractivity contribution in [3.63, 3.8) is 0 Å². The lowest BCUT2D eigenvalue weighted by atomic mass is 10.0. The lowest BCUT2D eigenvalue weighted by Crippen LogP contribution is -2.08. The molecule has 1 nitrogen and oxygen atoms in total. The number of Topliss-reactive ketones (excluding diaryl/α,β-unsaturated/α-hetero) is 1. The summed E-state index contributed by atoms with van der Waals surface area (Å²) in [5.41, 5.74) is 0.930. The molecular weight excluding hydrogens is 350 g/mol. The van der Waals surface area contributed by atoms with Gasteiger partial charge in [0.05, 0.1) is 5.02 Å². The van der Waals surface area contributed by atoms with Crippen LogP contribution in [0.1, 0.15) is 11.1 Å². The van der Waals surface area contributed by atoms with Gasteiger partial charge >= 0.3 is 0 Å². The van der Waals surface area contributed by atoms with E-state index in [9.17, 15) is 13.6 Å². The van der Waals surface area contributed by atoms with Crippen LogP contribution in [-0.4, -0.2) is 5.78 Å². The van der Waals surface area contributed by atoms with Crippen molar-refractivity contribution in [1.29, 1.82) is 0 Å². The maximum Gasteiger partial charge on any atom is 0.145 e. The molecule has 0 bridgehead atoms. The first-order valence-corrected chi connectivity index (χ1v) is 7.03. The van der Waals surface area contributed by atoms with Gasteiger partial charge in [0.2, 0.25) is 0 Å². The Morgan fingerprint density at radius 1 is 1.10 bits per heavy atom. The zero-order valence-electron chi connectivity index (χ0n) is 10.3. The highest BCUT2D eigenvalue weighted by Crippen LogP contribution is 2.21. The SMILES string of the molecule is O=C(Cc1ccc(F)cc1Br)Cc1cccc(Cl)c1F. The predicted octanol–water partition coefficient (Wildman–Crippen LogP) is 4.74. The third-order valence-electron chi connectivity index (χ3n) is 2.82. The molecule has 0 aliphatic heterocycles. The highest BCUT2D eigenvalue weighted by Gasteiger charge is 2.13. The topological polar surface area (TPSA) is 17.1 Å². The lowest BCUT2D eigenvalue weighted by molar-refractivity contribution is -0.117. The normalized spacial score (nSPS) is 10.6. The van der Waals surface area contributed by atoms with Crippen LogP contribution in [0.25, 0.3) is 0 Å². The first-order valence-electron chi connectivity index (χ1n) is 5.86. The number of benzene rings is 2. The first kappa shape index (κ1) is 15.1. The molecular formula is C15H10BrClF2O. The molecule has 2 aromatic rings. The summed E-state index contributed by atoms with van der Waals surface area (Å²) in [6.45, 7) is 0. The van der Waals surface area contributed by atoms with Crippen molar-refractivity contribution in [2.45, 2.75) is 12.8 Å². The summed E-state index contributed by atoms with van der Waals surface area (Å²) in [5.74, 6) is -1.12. The average Bonchev–Trinajstić information content (AvgIpc) is 2.38. The summed E-state index contributed by atoms with van der Waals surface area (Å²) < 4.78 is 27.2. The fraction of sp³-hybridized carbons (Fsp3) is 0.133. The van der Waals surface area contributed by atoms with Gasteiger partial charge in [-0.1, -0.05) is 45.7 Å². The van der Waals surface area contributed by atoms with Crippen LogP contribution in [0.4, 0.5) is 8.78 Å². The third kappa shape index (κ3) is 3.64. The molecule has 0 heterocycles. The van der Waals surface area contributed by atoms with Gasteiger partial charge in [-0.2, -0.15) is 0 Å². The van der Waals surface area contributed by atoms with E-state index < -0.39 is 5.82 Å². The van der Waals surface area contributed by atoms with Gasteiger partial charge in [-0.3, -0.25) is 4.79 Å². The molecule has 2 aromatic carbocycles. The van der Waals surface area contributed by atoms with Gasteiger partial charge < -0.3 is 0 Å².